The molecular formula is C20H20FN7O2. The lowest BCUT2D eigenvalue weighted by Crippen LogP contribution is -2.65. The van der Waals surface area contributed by atoms with Crippen molar-refractivity contribution in [1.29, 1.82) is 0 Å². The molecule has 0 bridgehead atoms. The van der Waals surface area contributed by atoms with Crippen LogP contribution in [0.25, 0.3) is 16.8 Å². The number of aliphatic imine (C=N–C) groups is 2. The maximum absolute atomic E-state index is 15.9. The van der Waals surface area contributed by atoms with E-state index in [0.29, 0.717) is 36.5 Å². The number of nitrogens with zero attached hydrogens (tertiary/aromatic N) is 7. The summed E-state index contributed by atoms with van der Waals surface area (Å²) in [6.07, 6.45) is 7.41. The topological polar surface area (TPSA) is 93.9 Å². The molecule has 1 fully saturated rings. The summed E-state index contributed by atoms with van der Waals surface area (Å²) in [4.78, 5) is 12.3. The summed E-state index contributed by atoms with van der Waals surface area (Å²) in [5.41, 5.74) is 1.04. The maximum atomic E-state index is 15.9. The number of fused-ring (bicyclic) bond motifs is 5. The largest absolute Gasteiger partial charge is 0.372 e. The van der Waals surface area contributed by atoms with Crippen LogP contribution in [0, 0.1) is 11.2 Å². The molecule has 5 heterocycles. The summed E-state index contributed by atoms with van der Waals surface area (Å²) in [5, 5.41) is 12.8. The molecule has 154 valence electrons. The molecule has 3 aliphatic heterocycles. The van der Waals surface area contributed by atoms with Crippen molar-refractivity contribution in [2.75, 3.05) is 18.1 Å². The van der Waals surface area contributed by atoms with Gasteiger partial charge in [0, 0.05) is 19.0 Å². The minimum Gasteiger partial charge on any atom is -0.372 e. The average molecular weight is 409 g/mol. The molecule has 0 saturated carbocycles. The van der Waals surface area contributed by atoms with Gasteiger partial charge in [-0.15, -0.1) is 4.80 Å². The Kier molecular flexibility index (Phi) is 3.64. The highest BCUT2D eigenvalue weighted by atomic mass is 19.1. The van der Waals surface area contributed by atoms with Crippen LogP contribution in [-0.2, 0) is 11.2 Å². The zero-order chi connectivity index (χ0) is 20.5. The first-order valence-electron chi connectivity index (χ1n) is 9.99. The number of hydrogen-bond acceptors (Lipinski definition) is 8. The molecule has 3 aromatic rings. The summed E-state index contributed by atoms with van der Waals surface area (Å²) in [5.74, 6) is -0.0539. The third-order valence-corrected chi connectivity index (χ3v) is 6.19. The van der Waals surface area contributed by atoms with Crippen LogP contribution in [0.1, 0.15) is 19.4 Å². The van der Waals surface area contributed by atoms with Crippen molar-refractivity contribution < 1.29 is 13.7 Å². The third kappa shape index (κ3) is 2.33. The highest BCUT2D eigenvalue weighted by Crippen LogP contribution is 2.47. The minimum atomic E-state index is -0.466. The Balaban J connectivity index is 1.60. The number of ether oxygens (including phenoxy) is 1. The van der Waals surface area contributed by atoms with E-state index < -0.39 is 11.2 Å². The van der Waals surface area contributed by atoms with Gasteiger partial charge in [0.25, 0.3) is 0 Å². The first kappa shape index (κ1) is 17.7. The molecule has 3 atom stereocenters. The number of hydrogen-bond donors (Lipinski definition) is 0. The summed E-state index contributed by atoms with van der Waals surface area (Å²) >= 11 is 0. The SMILES string of the molecule is C[C@H]1CN2c3c(cc4c(-n5nccn5)noc4c3F)CC3(C=NCN=C3)[C@@H]2[C@@H](C)O1. The highest BCUT2D eigenvalue weighted by Gasteiger charge is 2.52. The second kappa shape index (κ2) is 6.18. The lowest BCUT2D eigenvalue weighted by molar-refractivity contribution is -0.0432. The van der Waals surface area contributed by atoms with E-state index in [1.54, 1.807) is 12.4 Å². The Morgan fingerprint density at radius 3 is 2.70 bits per heavy atom. The fourth-order valence-electron chi connectivity index (χ4n) is 5.25. The van der Waals surface area contributed by atoms with Gasteiger partial charge in [0.2, 0.25) is 11.4 Å². The van der Waals surface area contributed by atoms with Crippen molar-refractivity contribution in [1.82, 2.24) is 20.2 Å². The van der Waals surface area contributed by atoms with Crippen LogP contribution in [0.3, 0.4) is 0 Å². The molecule has 0 N–H and O–H groups in total. The predicted molar refractivity (Wildman–Crippen MR) is 108 cm³/mol. The minimum absolute atomic E-state index is 0.0367. The van der Waals surface area contributed by atoms with E-state index in [0.717, 1.165) is 5.56 Å². The van der Waals surface area contributed by atoms with Crippen molar-refractivity contribution in [3.8, 4) is 5.82 Å². The Morgan fingerprint density at radius 2 is 1.93 bits per heavy atom. The van der Waals surface area contributed by atoms with Crippen LogP contribution in [0.4, 0.5) is 10.1 Å². The maximum Gasteiger partial charge on any atom is 0.224 e. The molecular weight excluding hydrogens is 389 g/mol. The van der Waals surface area contributed by atoms with Crippen LogP contribution in [-0.4, -0.2) is 64.0 Å². The molecule has 30 heavy (non-hydrogen) atoms. The van der Waals surface area contributed by atoms with Gasteiger partial charge in [0.15, 0.2) is 5.82 Å². The van der Waals surface area contributed by atoms with Gasteiger partial charge in [-0.2, -0.15) is 10.2 Å². The van der Waals surface area contributed by atoms with Crippen molar-refractivity contribution in [3.05, 3.63) is 29.8 Å². The van der Waals surface area contributed by atoms with Gasteiger partial charge in [-0.1, -0.05) is 5.16 Å². The smallest absolute Gasteiger partial charge is 0.224 e. The average Bonchev–Trinajstić information content (AvgIpc) is 3.37. The zero-order valence-electron chi connectivity index (χ0n) is 16.6. The second-order valence-corrected chi connectivity index (χ2v) is 8.20. The molecule has 0 aliphatic carbocycles. The van der Waals surface area contributed by atoms with E-state index in [1.807, 2.05) is 32.3 Å². The predicted octanol–water partition coefficient (Wildman–Crippen LogP) is 2.19. The van der Waals surface area contributed by atoms with E-state index in [9.17, 15) is 0 Å². The first-order chi connectivity index (χ1) is 14.6. The Hall–Kier alpha value is -3.14. The lowest BCUT2D eigenvalue weighted by Gasteiger charge is -2.54. The second-order valence-electron chi connectivity index (χ2n) is 8.20. The van der Waals surface area contributed by atoms with Gasteiger partial charge in [-0.05, 0) is 31.9 Å². The fraction of sp³-hybridized carbons (Fsp3) is 0.450. The molecule has 1 spiro atoms. The monoisotopic (exact) mass is 409 g/mol. The summed E-state index contributed by atoms with van der Waals surface area (Å²) in [7, 11) is 0. The van der Waals surface area contributed by atoms with E-state index in [-0.39, 0.29) is 23.8 Å². The van der Waals surface area contributed by atoms with Gasteiger partial charge in [0.05, 0.1) is 47.1 Å². The molecule has 0 radical (unpaired) electrons. The number of aromatic nitrogens is 4. The molecule has 2 aromatic heterocycles. The van der Waals surface area contributed by atoms with Gasteiger partial charge in [-0.25, -0.2) is 4.39 Å². The van der Waals surface area contributed by atoms with Crippen LogP contribution in [0.2, 0.25) is 0 Å². The quantitative estimate of drug-likeness (QED) is 0.612. The standard InChI is InChI=1S/C20H20FN7O2/c1-11-7-27-16-13(6-20(8-22-10-23-9-20)18(27)12(2)29-11)5-14-17(15(16)21)30-26-19(14)28-24-3-4-25-28/h3-5,8-9,11-12,18H,6-7,10H2,1-2H3/t11-,12+,18-/m0/s1. The lowest BCUT2D eigenvalue weighted by atomic mass is 9.69. The van der Waals surface area contributed by atoms with Crippen molar-refractivity contribution in [3.63, 3.8) is 0 Å². The van der Waals surface area contributed by atoms with E-state index in [1.165, 1.54) is 4.80 Å². The number of morpholine rings is 1. The van der Waals surface area contributed by atoms with E-state index in [4.69, 9.17) is 9.26 Å². The van der Waals surface area contributed by atoms with Crippen LogP contribution >= 0.6 is 0 Å². The van der Waals surface area contributed by atoms with Crippen LogP contribution in [0.5, 0.6) is 0 Å². The van der Waals surface area contributed by atoms with Crippen molar-refractivity contribution in [2.24, 2.45) is 15.4 Å². The first-order valence-corrected chi connectivity index (χ1v) is 9.99. The fourth-order valence-corrected chi connectivity index (χ4v) is 5.25. The molecule has 0 amide bonds. The van der Waals surface area contributed by atoms with E-state index in [2.05, 4.69) is 30.2 Å². The van der Waals surface area contributed by atoms with Crippen LogP contribution in [0.15, 0.2) is 33.0 Å². The molecule has 9 nitrogen and oxygen atoms in total. The molecule has 1 saturated heterocycles. The normalized spacial score (nSPS) is 26.9. The van der Waals surface area contributed by atoms with Crippen LogP contribution < -0.4 is 4.90 Å². The molecule has 6 rings (SSSR count). The molecule has 1 aromatic carbocycles. The molecule has 0 unspecified atom stereocenters. The third-order valence-electron chi connectivity index (χ3n) is 6.19. The summed E-state index contributed by atoms with van der Waals surface area (Å²) < 4.78 is 27.4. The number of rotatable bonds is 1. The Labute approximate surface area is 171 Å². The molecule has 3 aliphatic rings. The zero-order valence-corrected chi connectivity index (χ0v) is 16.6. The van der Waals surface area contributed by atoms with Gasteiger partial charge >= 0.3 is 0 Å². The van der Waals surface area contributed by atoms with Crippen molar-refractivity contribution >= 4 is 29.1 Å². The summed E-state index contributed by atoms with van der Waals surface area (Å²) in [6.45, 7) is 5.02. The highest BCUT2D eigenvalue weighted by molar-refractivity contribution is 5.96. The molecule has 10 heteroatoms. The number of anilines is 1. The number of benzene rings is 1. The van der Waals surface area contributed by atoms with E-state index >= 15 is 4.39 Å². The van der Waals surface area contributed by atoms with Gasteiger partial charge in [0.1, 0.15) is 6.67 Å². The van der Waals surface area contributed by atoms with Gasteiger partial charge < -0.3 is 14.2 Å². The van der Waals surface area contributed by atoms with Crippen molar-refractivity contribution in [2.45, 2.75) is 38.5 Å². The Bertz CT molecular complexity index is 1170. The Morgan fingerprint density at radius 1 is 1.17 bits per heavy atom. The number of halogens is 1. The summed E-state index contributed by atoms with van der Waals surface area (Å²) in [6, 6.07) is 1.82. The van der Waals surface area contributed by atoms with Gasteiger partial charge in [-0.3, -0.25) is 9.98 Å².